The smallest absolute Gasteiger partial charge is 0.217 e. The van der Waals surface area contributed by atoms with E-state index in [0.29, 0.717) is 6.42 Å². The number of unbranched alkanes of at least 4 members (excludes halogenated alkanes) is 4. The number of nitriles is 1. The maximum atomic E-state index is 11.3. The molecule has 88 valence electrons. The van der Waals surface area contributed by atoms with Crippen LogP contribution in [0.3, 0.4) is 0 Å². The maximum absolute atomic E-state index is 11.3. The van der Waals surface area contributed by atoms with Gasteiger partial charge in [-0.3, -0.25) is 0 Å². The van der Waals surface area contributed by atoms with Crippen LogP contribution in [0, 0.1) is 11.3 Å². The van der Waals surface area contributed by atoms with E-state index in [1.54, 1.807) is 0 Å². The van der Waals surface area contributed by atoms with Gasteiger partial charge in [-0.2, -0.15) is 5.26 Å². The Morgan fingerprint density at radius 3 is 2.33 bits per heavy atom. The van der Waals surface area contributed by atoms with Crippen molar-refractivity contribution in [3.05, 3.63) is 0 Å². The van der Waals surface area contributed by atoms with Crippen molar-refractivity contribution in [3.63, 3.8) is 0 Å². The number of hydrogen-bond acceptors (Lipinski definition) is 3. The van der Waals surface area contributed by atoms with Gasteiger partial charge in [-0.05, 0) is 13.5 Å². The lowest BCUT2D eigenvalue weighted by Crippen LogP contribution is -2.30. The van der Waals surface area contributed by atoms with Crippen molar-refractivity contribution in [2.24, 2.45) is 0 Å². The number of hydrogen-bond donors (Lipinski definition) is 1. The van der Waals surface area contributed by atoms with Crippen LogP contribution in [0.2, 0.25) is 0 Å². The fourth-order valence-electron chi connectivity index (χ4n) is 1.36. The van der Waals surface area contributed by atoms with Gasteiger partial charge in [-0.15, -0.1) is 0 Å². The third-order valence-electron chi connectivity index (χ3n) is 2.37. The average molecular weight is 232 g/mol. The van der Waals surface area contributed by atoms with E-state index in [4.69, 9.17) is 5.26 Å². The van der Waals surface area contributed by atoms with Gasteiger partial charge in [0, 0.05) is 0 Å². The van der Waals surface area contributed by atoms with E-state index in [2.05, 4.69) is 11.6 Å². The van der Waals surface area contributed by atoms with Crippen LogP contribution in [-0.4, -0.2) is 20.7 Å². The molecule has 0 aromatic carbocycles. The maximum Gasteiger partial charge on any atom is 0.227 e. The first-order valence-electron chi connectivity index (χ1n) is 5.40. The molecule has 0 aliphatic rings. The molecule has 0 spiro atoms. The van der Waals surface area contributed by atoms with Gasteiger partial charge in [0.2, 0.25) is 10.0 Å². The first kappa shape index (κ1) is 14.4. The van der Waals surface area contributed by atoms with Crippen LogP contribution >= 0.6 is 0 Å². The molecule has 0 aliphatic heterocycles. The van der Waals surface area contributed by atoms with Crippen LogP contribution < -0.4 is 4.72 Å². The quantitative estimate of drug-likeness (QED) is 0.649. The molecular weight excluding hydrogens is 212 g/mol. The first-order chi connectivity index (χ1) is 7.08. The Hall–Kier alpha value is -0.600. The number of nitrogens with zero attached hydrogens (tertiary/aromatic N) is 1. The predicted octanol–water partition coefficient (Wildman–Crippen LogP) is 1.79. The standard InChI is InChI=1S/C10H20N2O2S/c1-3-4-5-6-7-8-10(9-11)15(13,14)12-2/h10,12H,3-8H2,1-2H3. The van der Waals surface area contributed by atoms with E-state index in [1.807, 2.05) is 6.07 Å². The SMILES string of the molecule is CCCCCCCC(C#N)S(=O)(=O)NC. The van der Waals surface area contributed by atoms with Crippen molar-refractivity contribution in [3.8, 4) is 6.07 Å². The Labute approximate surface area is 92.7 Å². The van der Waals surface area contributed by atoms with Crippen LogP contribution in [0.15, 0.2) is 0 Å². The summed E-state index contributed by atoms with van der Waals surface area (Å²) >= 11 is 0. The van der Waals surface area contributed by atoms with Gasteiger partial charge in [0.05, 0.1) is 6.07 Å². The minimum atomic E-state index is -3.41. The van der Waals surface area contributed by atoms with Crippen molar-refractivity contribution >= 4 is 10.0 Å². The van der Waals surface area contributed by atoms with E-state index in [9.17, 15) is 8.42 Å². The third kappa shape index (κ3) is 5.75. The topological polar surface area (TPSA) is 70.0 Å². The highest BCUT2D eigenvalue weighted by atomic mass is 32.2. The van der Waals surface area contributed by atoms with Crippen LogP contribution in [0.1, 0.15) is 45.4 Å². The molecule has 0 saturated heterocycles. The van der Waals surface area contributed by atoms with Crippen molar-refractivity contribution in [2.45, 2.75) is 50.7 Å². The Morgan fingerprint density at radius 1 is 1.27 bits per heavy atom. The molecule has 0 amide bonds. The minimum Gasteiger partial charge on any atom is -0.217 e. The van der Waals surface area contributed by atoms with E-state index in [1.165, 1.54) is 13.5 Å². The molecule has 1 N–H and O–H groups in total. The normalized spacial score (nSPS) is 13.4. The van der Waals surface area contributed by atoms with Crippen molar-refractivity contribution < 1.29 is 8.42 Å². The lowest BCUT2D eigenvalue weighted by Gasteiger charge is -2.08. The molecule has 0 radical (unpaired) electrons. The first-order valence-corrected chi connectivity index (χ1v) is 6.95. The van der Waals surface area contributed by atoms with Gasteiger partial charge in [-0.1, -0.05) is 39.0 Å². The molecule has 0 bridgehead atoms. The second-order valence-electron chi connectivity index (χ2n) is 3.57. The Morgan fingerprint density at radius 2 is 1.87 bits per heavy atom. The fourth-order valence-corrected chi connectivity index (χ4v) is 2.26. The zero-order valence-electron chi connectivity index (χ0n) is 9.49. The van der Waals surface area contributed by atoms with Crippen LogP contribution in [-0.2, 0) is 10.0 Å². The highest BCUT2D eigenvalue weighted by Crippen LogP contribution is 2.11. The van der Waals surface area contributed by atoms with Gasteiger partial charge in [0.25, 0.3) is 0 Å². The number of nitrogens with one attached hydrogen (secondary N) is 1. The van der Waals surface area contributed by atoms with Crippen molar-refractivity contribution in [2.75, 3.05) is 7.05 Å². The highest BCUT2D eigenvalue weighted by Gasteiger charge is 2.22. The number of sulfonamides is 1. The summed E-state index contributed by atoms with van der Waals surface area (Å²) in [5.41, 5.74) is 0. The highest BCUT2D eigenvalue weighted by molar-refractivity contribution is 7.90. The molecule has 0 aromatic rings. The average Bonchev–Trinajstić information content (AvgIpc) is 2.23. The molecule has 0 heterocycles. The van der Waals surface area contributed by atoms with E-state index in [0.717, 1.165) is 25.7 Å². The lowest BCUT2D eigenvalue weighted by atomic mass is 10.1. The fraction of sp³-hybridized carbons (Fsp3) is 0.900. The largest absolute Gasteiger partial charge is 0.227 e. The van der Waals surface area contributed by atoms with Gasteiger partial charge in [0.1, 0.15) is 0 Å². The summed E-state index contributed by atoms with van der Waals surface area (Å²) < 4.78 is 24.8. The molecule has 1 atom stereocenters. The molecule has 15 heavy (non-hydrogen) atoms. The summed E-state index contributed by atoms with van der Waals surface area (Å²) in [5, 5.41) is 7.83. The summed E-state index contributed by atoms with van der Waals surface area (Å²) in [6.07, 6.45) is 5.70. The predicted molar refractivity (Wildman–Crippen MR) is 60.8 cm³/mol. The van der Waals surface area contributed by atoms with E-state index < -0.39 is 15.3 Å². The lowest BCUT2D eigenvalue weighted by molar-refractivity contribution is 0.563. The Balaban J connectivity index is 3.89. The molecule has 4 nitrogen and oxygen atoms in total. The van der Waals surface area contributed by atoms with E-state index in [-0.39, 0.29) is 0 Å². The van der Waals surface area contributed by atoms with Gasteiger partial charge < -0.3 is 0 Å². The van der Waals surface area contributed by atoms with Crippen LogP contribution in [0.5, 0.6) is 0 Å². The molecule has 0 aliphatic carbocycles. The van der Waals surface area contributed by atoms with Crippen LogP contribution in [0.25, 0.3) is 0 Å². The summed E-state index contributed by atoms with van der Waals surface area (Å²) in [6.45, 7) is 2.13. The summed E-state index contributed by atoms with van der Waals surface area (Å²) in [7, 11) is -2.07. The Bertz CT molecular complexity index is 293. The molecular formula is C10H20N2O2S. The molecule has 1 unspecified atom stereocenters. The zero-order valence-corrected chi connectivity index (χ0v) is 10.3. The minimum absolute atomic E-state index is 0.434. The summed E-state index contributed by atoms with van der Waals surface area (Å²) in [5.74, 6) is 0. The summed E-state index contributed by atoms with van der Waals surface area (Å²) in [6, 6.07) is 1.83. The zero-order chi connectivity index (χ0) is 11.7. The molecule has 5 heteroatoms. The third-order valence-corrected chi connectivity index (χ3v) is 4.03. The van der Waals surface area contributed by atoms with Crippen LogP contribution in [0.4, 0.5) is 0 Å². The van der Waals surface area contributed by atoms with Gasteiger partial charge in [0.15, 0.2) is 5.25 Å². The molecule has 0 fully saturated rings. The molecule has 0 aromatic heterocycles. The van der Waals surface area contributed by atoms with Gasteiger partial charge >= 0.3 is 0 Å². The summed E-state index contributed by atoms with van der Waals surface area (Å²) in [4.78, 5) is 0. The second-order valence-corrected chi connectivity index (χ2v) is 5.64. The molecule has 0 saturated carbocycles. The van der Waals surface area contributed by atoms with Crippen molar-refractivity contribution in [1.82, 2.24) is 4.72 Å². The monoisotopic (exact) mass is 232 g/mol. The van der Waals surface area contributed by atoms with E-state index >= 15 is 0 Å². The van der Waals surface area contributed by atoms with Crippen molar-refractivity contribution in [1.29, 1.82) is 5.26 Å². The Kier molecular flexibility index (Phi) is 7.35. The second kappa shape index (κ2) is 7.66. The molecule has 0 rings (SSSR count). The van der Waals surface area contributed by atoms with Gasteiger partial charge in [-0.25, -0.2) is 13.1 Å². The number of rotatable bonds is 8.